The van der Waals surface area contributed by atoms with Crippen LogP contribution in [0.1, 0.15) is 60.9 Å². The summed E-state index contributed by atoms with van der Waals surface area (Å²) in [5.74, 6) is 1.43. The number of benzene rings is 1. The predicted octanol–water partition coefficient (Wildman–Crippen LogP) is 6.41. The molecule has 2 unspecified atom stereocenters. The van der Waals surface area contributed by atoms with Crippen molar-refractivity contribution in [3.05, 3.63) is 76.5 Å². The van der Waals surface area contributed by atoms with Crippen LogP contribution in [0, 0.1) is 5.92 Å². The Morgan fingerprint density at radius 3 is 2.62 bits per heavy atom. The van der Waals surface area contributed by atoms with Crippen molar-refractivity contribution in [3.63, 3.8) is 0 Å². The van der Waals surface area contributed by atoms with Gasteiger partial charge in [0, 0.05) is 18.1 Å². The molecule has 4 rings (SSSR count). The first-order valence-corrected chi connectivity index (χ1v) is 11.2. The van der Waals surface area contributed by atoms with Gasteiger partial charge in [-0.25, -0.2) is 4.98 Å². The lowest BCUT2D eigenvalue weighted by Gasteiger charge is -2.21. The molecule has 0 spiro atoms. The summed E-state index contributed by atoms with van der Waals surface area (Å²) in [6, 6.07) is 13.4. The van der Waals surface area contributed by atoms with E-state index >= 15 is 0 Å². The standard InChI is InChI=1S/C23H29N2S/c1-19(16-20-8-4-2-5-9-20)17-23-22(21-10-6-3-7-11-21)12-15-26(23)25-14-13-24-18-25/h2,4-5,8-9,12-15,18-19,21H,3,6-7,10-11,16-17H2,1H3/q+1. The molecule has 3 heteroatoms. The highest BCUT2D eigenvalue weighted by molar-refractivity contribution is 7.28. The van der Waals surface area contributed by atoms with E-state index < -0.39 is 0 Å². The van der Waals surface area contributed by atoms with E-state index in [9.17, 15) is 0 Å². The third-order valence-electron chi connectivity index (χ3n) is 5.66. The molecule has 2 heterocycles. The molecule has 2 nitrogen and oxygen atoms in total. The fourth-order valence-electron chi connectivity index (χ4n) is 4.38. The maximum absolute atomic E-state index is 4.30. The highest BCUT2D eigenvalue weighted by Crippen LogP contribution is 2.41. The normalized spacial score (nSPS) is 17.3. The van der Waals surface area contributed by atoms with E-state index in [2.05, 4.69) is 63.9 Å². The molecule has 1 aromatic carbocycles. The van der Waals surface area contributed by atoms with Crippen molar-refractivity contribution in [2.45, 2.75) is 57.8 Å². The summed E-state index contributed by atoms with van der Waals surface area (Å²) < 4.78 is 2.30. The Morgan fingerprint density at radius 1 is 1.08 bits per heavy atom. The summed E-state index contributed by atoms with van der Waals surface area (Å²) in [6.45, 7) is 2.41. The minimum Gasteiger partial charge on any atom is -0.240 e. The van der Waals surface area contributed by atoms with Crippen molar-refractivity contribution < 1.29 is 0 Å². The maximum Gasteiger partial charge on any atom is 0.182 e. The van der Waals surface area contributed by atoms with Gasteiger partial charge in [-0.15, -0.1) is 3.97 Å². The van der Waals surface area contributed by atoms with Gasteiger partial charge in [0.2, 0.25) is 0 Å². The molecule has 0 saturated heterocycles. The summed E-state index contributed by atoms with van der Waals surface area (Å²) in [4.78, 5) is 5.96. The summed E-state index contributed by atoms with van der Waals surface area (Å²) >= 11 is 0. The zero-order chi connectivity index (χ0) is 17.8. The fourth-order valence-corrected chi connectivity index (χ4v) is 6.49. The summed E-state index contributed by atoms with van der Waals surface area (Å²) in [6.07, 6.45) is 15.3. The molecular formula is C23H29N2S+. The van der Waals surface area contributed by atoms with Crippen LogP contribution >= 0.6 is 10.7 Å². The first-order valence-electron chi connectivity index (χ1n) is 9.98. The molecule has 0 N–H and O–H groups in total. The van der Waals surface area contributed by atoms with E-state index in [0.29, 0.717) is 5.92 Å². The van der Waals surface area contributed by atoms with Crippen molar-refractivity contribution in [3.8, 4) is 0 Å². The van der Waals surface area contributed by atoms with Crippen LogP contribution in [0.25, 0.3) is 0 Å². The van der Waals surface area contributed by atoms with Gasteiger partial charge in [0.05, 0.1) is 12.4 Å². The molecule has 0 radical (unpaired) electrons. The van der Waals surface area contributed by atoms with E-state index in [4.69, 9.17) is 0 Å². The van der Waals surface area contributed by atoms with Crippen LogP contribution in [0.5, 0.6) is 0 Å². The van der Waals surface area contributed by atoms with Crippen LogP contribution in [0.2, 0.25) is 0 Å². The van der Waals surface area contributed by atoms with Crippen LogP contribution in [0.15, 0.2) is 60.5 Å². The molecule has 0 amide bonds. The van der Waals surface area contributed by atoms with Crippen molar-refractivity contribution in [2.24, 2.45) is 5.92 Å². The number of nitrogens with zero attached hydrogens (tertiary/aromatic N) is 2. The predicted molar refractivity (Wildman–Crippen MR) is 111 cm³/mol. The summed E-state index contributed by atoms with van der Waals surface area (Å²) in [7, 11) is 0.0456. The monoisotopic (exact) mass is 365 g/mol. The van der Waals surface area contributed by atoms with Gasteiger partial charge in [-0.3, -0.25) is 0 Å². The highest BCUT2D eigenvalue weighted by Gasteiger charge is 2.29. The minimum atomic E-state index is 0.0456. The van der Waals surface area contributed by atoms with Gasteiger partial charge in [0.25, 0.3) is 0 Å². The lowest BCUT2D eigenvalue weighted by Crippen LogP contribution is -2.10. The summed E-state index contributed by atoms with van der Waals surface area (Å²) in [5.41, 5.74) is 3.11. The third-order valence-corrected chi connectivity index (χ3v) is 7.64. The number of hydrogen-bond acceptors (Lipinski definition) is 1. The molecule has 1 aliphatic carbocycles. The number of thiophene rings is 1. The van der Waals surface area contributed by atoms with E-state index in [-0.39, 0.29) is 10.7 Å². The second-order valence-corrected chi connectivity index (χ2v) is 9.57. The van der Waals surface area contributed by atoms with E-state index in [1.807, 2.05) is 12.5 Å². The van der Waals surface area contributed by atoms with Gasteiger partial charge in [-0.2, -0.15) is 0 Å². The Morgan fingerprint density at radius 2 is 1.88 bits per heavy atom. The Balaban J connectivity index is 1.60. The van der Waals surface area contributed by atoms with E-state index in [1.54, 1.807) is 10.4 Å². The van der Waals surface area contributed by atoms with Crippen LogP contribution in [-0.2, 0) is 12.8 Å². The molecule has 1 saturated carbocycles. The van der Waals surface area contributed by atoms with Gasteiger partial charge in [0.15, 0.2) is 10.3 Å². The van der Waals surface area contributed by atoms with Gasteiger partial charge in [-0.05, 0) is 36.7 Å². The molecule has 1 fully saturated rings. The molecule has 1 aliphatic rings. The third kappa shape index (κ3) is 3.93. The Hall–Kier alpha value is -1.87. The first kappa shape index (κ1) is 17.5. The van der Waals surface area contributed by atoms with Crippen molar-refractivity contribution >= 4 is 10.7 Å². The zero-order valence-corrected chi connectivity index (χ0v) is 16.5. The number of rotatable bonds is 6. The quantitative estimate of drug-likeness (QED) is 0.461. The minimum absolute atomic E-state index is 0.0456. The molecule has 26 heavy (non-hydrogen) atoms. The zero-order valence-electron chi connectivity index (χ0n) is 15.7. The number of aromatic nitrogens is 2. The molecule has 2 atom stereocenters. The second-order valence-electron chi connectivity index (χ2n) is 7.75. The largest absolute Gasteiger partial charge is 0.240 e. The molecule has 136 valence electrons. The lowest BCUT2D eigenvalue weighted by molar-refractivity contribution is 0.440. The van der Waals surface area contributed by atoms with Gasteiger partial charge in [0.1, 0.15) is 17.0 Å². The Kier molecular flexibility index (Phi) is 5.54. The average molecular weight is 366 g/mol. The first-order chi connectivity index (χ1) is 12.8. The molecular weight excluding hydrogens is 336 g/mol. The SMILES string of the molecule is CC(Cc1ccccc1)Cc1c(C2CCCCC2)cc[s+]1-n1ccnc1. The Bertz CT molecular complexity index is 798. The lowest BCUT2D eigenvalue weighted by atomic mass is 9.83. The van der Waals surface area contributed by atoms with Gasteiger partial charge >= 0.3 is 0 Å². The van der Waals surface area contributed by atoms with E-state index in [1.165, 1.54) is 44.1 Å². The molecule has 2 aromatic heterocycles. The summed E-state index contributed by atoms with van der Waals surface area (Å²) in [5, 5.41) is 2.43. The Labute approximate surface area is 160 Å². The van der Waals surface area contributed by atoms with E-state index in [0.717, 1.165) is 12.3 Å². The molecule has 0 bridgehead atoms. The van der Waals surface area contributed by atoms with Crippen LogP contribution < -0.4 is 0 Å². The maximum atomic E-state index is 4.30. The second kappa shape index (κ2) is 8.22. The van der Waals surface area contributed by atoms with Crippen LogP contribution in [0.3, 0.4) is 0 Å². The van der Waals surface area contributed by atoms with Crippen molar-refractivity contribution in [1.82, 2.24) is 8.96 Å². The number of hydrogen-bond donors (Lipinski definition) is 0. The van der Waals surface area contributed by atoms with Crippen molar-refractivity contribution in [2.75, 3.05) is 0 Å². The van der Waals surface area contributed by atoms with Crippen LogP contribution in [0.4, 0.5) is 0 Å². The van der Waals surface area contributed by atoms with Gasteiger partial charge < -0.3 is 0 Å². The fraction of sp³-hybridized carbons (Fsp3) is 0.435. The molecule has 0 aliphatic heterocycles. The number of imidazole rings is 1. The van der Waals surface area contributed by atoms with Gasteiger partial charge in [-0.1, -0.05) is 56.5 Å². The highest BCUT2D eigenvalue weighted by atomic mass is 32.2. The molecule has 3 aromatic rings. The topological polar surface area (TPSA) is 17.8 Å². The smallest absolute Gasteiger partial charge is 0.182 e. The van der Waals surface area contributed by atoms with Crippen LogP contribution in [-0.4, -0.2) is 8.96 Å². The average Bonchev–Trinajstić information content (AvgIpc) is 3.33. The van der Waals surface area contributed by atoms with Crippen molar-refractivity contribution in [1.29, 1.82) is 0 Å².